The Morgan fingerprint density at radius 3 is 1.40 bits per heavy atom. The molecule has 0 aromatic rings. The summed E-state index contributed by atoms with van der Waals surface area (Å²) < 4.78 is 7.15. The number of hydrogen-bond donors (Lipinski definition) is 0. The average molecular weight is 546 g/mol. The molecule has 0 rings (SSSR count). The minimum absolute atomic E-state index is 0.359. The summed E-state index contributed by atoms with van der Waals surface area (Å²) in [6, 6.07) is 0. The third-order valence-corrected chi connectivity index (χ3v) is 25.9. The van der Waals surface area contributed by atoms with Crippen LogP contribution in [-0.2, 0) is 0 Å². The summed E-state index contributed by atoms with van der Waals surface area (Å²) in [7, 11) is 0. The number of allylic oxidation sites excluding steroid dienone is 1. The van der Waals surface area contributed by atoms with E-state index < -0.39 is 18.4 Å². The summed E-state index contributed by atoms with van der Waals surface area (Å²) >= 11 is 0.00204. The molecule has 0 spiro atoms. The van der Waals surface area contributed by atoms with Crippen LogP contribution in [0.2, 0.25) is 13.3 Å². The molecule has 0 aromatic carbocycles. The minimum atomic E-state index is -2.29. The molecule has 0 aromatic heterocycles. The standard InChI is InChI=1S/C16H31S.3C4H9.Sn/c1-5-6-7-8-9-10-11-12-13-14-15-17-16(2,3)4;3*1-3-4-2;/h14H,5-13H2,1-4H3;3*1,3-4H2,2H3;. The van der Waals surface area contributed by atoms with Crippen LogP contribution >= 0.6 is 11.8 Å². The van der Waals surface area contributed by atoms with Crippen molar-refractivity contribution in [2.24, 2.45) is 0 Å². The van der Waals surface area contributed by atoms with E-state index in [4.69, 9.17) is 0 Å². The summed E-state index contributed by atoms with van der Waals surface area (Å²) in [5.41, 5.74) is 0. The maximum absolute atomic E-state index is 2.80. The summed E-state index contributed by atoms with van der Waals surface area (Å²) in [5.74, 6) is 0. The van der Waals surface area contributed by atoms with Gasteiger partial charge >= 0.3 is 202 Å². The molecule has 0 aliphatic heterocycles. The van der Waals surface area contributed by atoms with Crippen molar-refractivity contribution in [2.75, 3.05) is 0 Å². The fourth-order valence-corrected chi connectivity index (χ4v) is 26.8. The maximum atomic E-state index is 2.80. The van der Waals surface area contributed by atoms with Gasteiger partial charge in [-0.3, -0.25) is 0 Å². The van der Waals surface area contributed by atoms with Crippen LogP contribution in [0.5, 0.6) is 0 Å². The van der Waals surface area contributed by atoms with Gasteiger partial charge in [-0.05, 0) is 0 Å². The second-order valence-corrected chi connectivity index (χ2v) is 26.7. The van der Waals surface area contributed by atoms with Crippen molar-refractivity contribution in [1.29, 1.82) is 0 Å². The summed E-state index contributed by atoms with van der Waals surface area (Å²) in [4.78, 5) is 0. The topological polar surface area (TPSA) is 0 Å². The molecule has 0 aliphatic carbocycles. The zero-order valence-corrected chi connectivity index (χ0v) is 25.9. The number of rotatable bonds is 20. The van der Waals surface area contributed by atoms with E-state index in [-0.39, 0.29) is 0 Å². The summed E-state index contributed by atoms with van der Waals surface area (Å²) in [5, 5.41) is 0. The Balaban J connectivity index is 5.17. The zero-order valence-electron chi connectivity index (χ0n) is 22.2. The molecule has 0 bridgehead atoms. The predicted molar refractivity (Wildman–Crippen MR) is 148 cm³/mol. The molecule has 30 heavy (non-hydrogen) atoms. The van der Waals surface area contributed by atoms with Crippen LogP contribution in [0.1, 0.15) is 145 Å². The van der Waals surface area contributed by atoms with Gasteiger partial charge in [-0.1, -0.05) is 0 Å². The van der Waals surface area contributed by atoms with E-state index in [9.17, 15) is 0 Å². The molecule has 0 radical (unpaired) electrons. The van der Waals surface area contributed by atoms with Crippen LogP contribution in [0.15, 0.2) is 9.00 Å². The molecule has 0 fully saturated rings. The summed E-state index contributed by atoms with van der Waals surface area (Å²) in [6.45, 7) is 16.8. The molecular weight excluding hydrogens is 487 g/mol. The Labute approximate surface area is 201 Å². The van der Waals surface area contributed by atoms with E-state index in [2.05, 4.69) is 66.3 Å². The van der Waals surface area contributed by atoms with Gasteiger partial charge in [0, 0.05) is 0 Å². The fraction of sp³-hybridized carbons (Fsp3) is 0.929. The van der Waals surface area contributed by atoms with E-state index in [0.29, 0.717) is 4.75 Å². The van der Waals surface area contributed by atoms with Crippen LogP contribution in [0.4, 0.5) is 0 Å². The van der Waals surface area contributed by atoms with Crippen molar-refractivity contribution in [3.05, 3.63) is 9.00 Å². The predicted octanol–water partition coefficient (Wildman–Crippen LogP) is 11.3. The molecule has 0 saturated carbocycles. The molecule has 0 saturated heterocycles. The molecular formula is C28H58SSn. The normalized spacial score (nSPS) is 13.2. The van der Waals surface area contributed by atoms with Gasteiger partial charge in [0.25, 0.3) is 0 Å². The third kappa shape index (κ3) is 15.7. The SMILES string of the molecule is CCCCCCCCCC/C=[C](\SC(C)(C)C)[Sn]([CH2]CCC)([CH2]CCC)[CH2]CCC. The fourth-order valence-electron chi connectivity index (χ4n) is 4.50. The monoisotopic (exact) mass is 546 g/mol. The van der Waals surface area contributed by atoms with Gasteiger partial charge in [-0.2, -0.15) is 0 Å². The van der Waals surface area contributed by atoms with E-state index in [1.54, 1.807) is 13.3 Å². The van der Waals surface area contributed by atoms with Crippen molar-refractivity contribution < 1.29 is 0 Å². The van der Waals surface area contributed by atoms with Crippen molar-refractivity contribution >= 4 is 30.1 Å². The van der Waals surface area contributed by atoms with E-state index >= 15 is 0 Å². The van der Waals surface area contributed by atoms with Crippen LogP contribution in [-0.4, -0.2) is 23.1 Å². The van der Waals surface area contributed by atoms with E-state index in [1.165, 1.54) is 96.3 Å². The van der Waals surface area contributed by atoms with Crippen LogP contribution in [0.25, 0.3) is 0 Å². The molecule has 0 aliphatic rings. The van der Waals surface area contributed by atoms with E-state index in [0.717, 1.165) is 0 Å². The first-order chi connectivity index (χ1) is 14.3. The van der Waals surface area contributed by atoms with Gasteiger partial charge in [0.05, 0.1) is 0 Å². The molecule has 0 unspecified atom stereocenters. The Kier molecular flexibility index (Phi) is 19.9. The molecule has 0 atom stereocenters. The Hall–Kier alpha value is 0.889. The average Bonchev–Trinajstić information content (AvgIpc) is 2.70. The van der Waals surface area contributed by atoms with Crippen molar-refractivity contribution in [3.8, 4) is 0 Å². The van der Waals surface area contributed by atoms with Gasteiger partial charge in [-0.15, -0.1) is 0 Å². The summed E-state index contributed by atoms with van der Waals surface area (Å²) in [6.07, 6.45) is 24.2. The van der Waals surface area contributed by atoms with Crippen LogP contribution in [0, 0.1) is 0 Å². The zero-order chi connectivity index (χ0) is 22.7. The molecule has 0 N–H and O–H groups in total. The van der Waals surface area contributed by atoms with E-state index in [1.807, 2.05) is 2.92 Å². The Morgan fingerprint density at radius 1 is 0.600 bits per heavy atom. The van der Waals surface area contributed by atoms with Gasteiger partial charge in [0.2, 0.25) is 0 Å². The van der Waals surface area contributed by atoms with Crippen molar-refractivity contribution in [3.63, 3.8) is 0 Å². The molecule has 0 nitrogen and oxygen atoms in total. The van der Waals surface area contributed by atoms with Crippen LogP contribution < -0.4 is 0 Å². The Bertz CT molecular complexity index is 386. The first-order valence-corrected chi connectivity index (χ1v) is 22.0. The van der Waals surface area contributed by atoms with Crippen LogP contribution in [0.3, 0.4) is 0 Å². The number of thioether (sulfide) groups is 1. The molecule has 2 heteroatoms. The van der Waals surface area contributed by atoms with Gasteiger partial charge in [-0.25, -0.2) is 0 Å². The first kappa shape index (κ1) is 30.9. The molecule has 180 valence electrons. The second-order valence-electron chi connectivity index (χ2n) is 10.6. The van der Waals surface area contributed by atoms with Gasteiger partial charge < -0.3 is 0 Å². The number of hydrogen-bond acceptors (Lipinski definition) is 1. The molecule has 0 heterocycles. The first-order valence-electron chi connectivity index (χ1n) is 13.7. The van der Waals surface area contributed by atoms with Gasteiger partial charge in [0.1, 0.15) is 0 Å². The van der Waals surface area contributed by atoms with Gasteiger partial charge in [0.15, 0.2) is 0 Å². The molecule has 0 amide bonds. The Morgan fingerprint density at radius 2 is 1.00 bits per heavy atom. The number of unbranched alkanes of at least 4 members (excludes halogenated alkanes) is 11. The quantitative estimate of drug-likeness (QED) is 0.108. The van der Waals surface area contributed by atoms with Crippen molar-refractivity contribution in [2.45, 2.75) is 163 Å². The van der Waals surface area contributed by atoms with Crippen molar-refractivity contribution in [1.82, 2.24) is 0 Å². The third-order valence-electron chi connectivity index (χ3n) is 6.35. The second kappa shape index (κ2) is 19.4.